The van der Waals surface area contributed by atoms with Crippen LogP contribution in [-0.2, 0) is 10.0 Å². The number of aromatic amines is 1. The van der Waals surface area contributed by atoms with Gasteiger partial charge in [-0.15, -0.1) is 5.10 Å². The number of ether oxygens (including phenoxy) is 2. The van der Waals surface area contributed by atoms with Gasteiger partial charge in [-0.3, -0.25) is 5.10 Å². The van der Waals surface area contributed by atoms with E-state index in [1.807, 2.05) is 6.07 Å². The summed E-state index contributed by atoms with van der Waals surface area (Å²) in [4.78, 5) is -0.0989. The Bertz CT molecular complexity index is 1430. The Morgan fingerprint density at radius 3 is 2.69 bits per heavy atom. The molecule has 0 aliphatic carbocycles. The van der Waals surface area contributed by atoms with E-state index in [0.29, 0.717) is 22.6 Å². The van der Waals surface area contributed by atoms with E-state index in [-0.39, 0.29) is 23.6 Å². The number of para-hydroxylation sites is 1. The summed E-state index contributed by atoms with van der Waals surface area (Å²) in [7, 11) is -2.70. The van der Waals surface area contributed by atoms with Crippen molar-refractivity contribution in [2.45, 2.75) is 11.0 Å². The lowest BCUT2D eigenvalue weighted by Gasteiger charge is -2.24. The van der Waals surface area contributed by atoms with Crippen molar-refractivity contribution >= 4 is 26.6 Å². The van der Waals surface area contributed by atoms with E-state index in [9.17, 15) is 17.9 Å². The van der Waals surface area contributed by atoms with Gasteiger partial charge in [0.1, 0.15) is 23.9 Å². The zero-order valence-corrected chi connectivity index (χ0v) is 20.2. The second-order valence-electron chi connectivity index (χ2n) is 7.80. The normalized spacial score (nSPS) is 12.4. The number of aromatic nitrogens is 2. The van der Waals surface area contributed by atoms with E-state index in [4.69, 9.17) is 15.3 Å². The summed E-state index contributed by atoms with van der Waals surface area (Å²) in [5, 5.41) is 21.5. The van der Waals surface area contributed by atoms with Crippen LogP contribution in [0.4, 0.5) is 10.1 Å². The quantitative estimate of drug-likeness (QED) is 0.136. The van der Waals surface area contributed by atoms with E-state index in [1.165, 1.54) is 36.4 Å². The molecule has 0 amide bonds. The largest absolute Gasteiger partial charge is 0.492 e. The monoisotopic (exact) mass is 515 g/mol. The van der Waals surface area contributed by atoms with Crippen LogP contribution in [-0.4, -0.2) is 50.5 Å². The summed E-state index contributed by atoms with van der Waals surface area (Å²) in [6.07, 6.45) is -1.23. The van der Waals surface area contributed by atoms with E-state index >= 15 is 0 Å². The molecule has 1 heterocycles. The van der Waals surface area contributed by atoms with E-state index < -0.39 is 27.6 Å². The van der Waals surface area contributed by atoms with Crippen molar-refractivity contribution in [1.29, 1.82) is 0 Å². The second kappa shape index (κ2) is 10.9. The molecule has 0 fully saturated rings. The predicted molar refractivity (Wildman–Crippen MR) is 133 cm³/mol. The standard InChI is InChI=1S/C24H26FN5O5S/c1-34-24-18-11-10-16(14-21(18)28-29-24)35-13-12-27-15-22(31)19-8-5-9-20(25)23(19)30(26)36(32,33)17-6-3-2-4-7-17/h2-11,14,22,27,31H,12-13,15,26H2,1H3,(H,28,29). The van der Waals surface area contributed by atoms with E-state index in [1.54, 1.807) is 25.3 Å². The number of hydrogen-bond acceptors (Lipinski definition) is 8. The lowest BCUT2D eigenvalue weighted by Crippen LogP contribution is -2.39. The molecule has 5 N–H and O–H groups in total. The number of hydrogen-bond donors (Lipinski definition) is 4. The van der Waals surface area contributed by atoms with Crippen LogP contribution in [0.3, 0.4) is 0 Å². The highest BCUT2D eigenvalue weighted by atomic mass is 32.2. The number of nitrogens with two attached hydrogens (primary N) is 1. The fraction of sp³-hybridized carbons (Fsp3) is 0.208. The third-order valence-electron chi connectivity index (χ3n) is 5.48. The Morgan fingerprint density at radius 1 is 1.17 bits per heavy atom. The number of methoxy groups -OCH3 is 1. The summed E-state index contributed by atoms with van der Waals surface area (Å²) in [6.45, 7) is 0.654. The number of aliphatic hydroxyl groups is 1. The first-order valence-corrected chi connectivity index (χ1v) is 12.4. The van der Waals surface area contributed by atoms with Crippen molar-refractivity contribution in [1.82, 2.24) is 15.5 Å². The molecule has 1 aromatic heterocycles. The van der Waals surface area contributed by atoms with Crippen molar-refractivity contribution < 1.29 is 27.4 Å². The number of fused-ring (bicyclic) bond motifs is 1. The van der Waals surface area contributed by atoms with Gasteiger partial charge in [-0.25, -0.2) is 10.2 Å². The summed E-state index contributed by atoms with van der Waals surface area (Å²) in [6, 6.07) is 16.7. The number of nitrogens with zero attached hydrogens (tertiary/aromatic N) is 2. The van der Waals surface area contributed by atoms with Crippen molar-refractivity contribution in [3.63, 3.8) is 0 Å². The average molecular weight is 516 g/mol. The first-order valence-electron chi connectivity index (χ1n) is 11.0. The molecule has 1 unspecified atom stereocenters. The van der Waals surface area contributed by atoms with Crippen LogP contribution in [0.25, 0.3) is 10.9 Å². The van der Waals surface area contributed by atoms with Crippen molar-refractivity contribution in [2.75, 3.05) is 31.2 Å². The Labute approximate surface area is 207 Å². The Balaban J connectivity index is 1.37. The van der Waals surface area contributed by atoms with Crippen LogP contribution in [0, 0.1) is 5.82 Å². The first-order chi connectivity index (χ1) is 17.3. The fourth-order valence-electron chi connectivity index (χ4n) is 3.67. The van der Waals surface area contributed by atoms with Gasteiger partial charge in [-0.05, 0) is 30.3 Å². The molecule has 0 spiro atoms. The third kappa shape index (κ3) is 5.26. The van der Waals surface area contributed by atoms with Gasteiger partial charge in [0.05, 0.1) is 29.0 Å². The number of sulfonamides is 1. The lowest BCUT2D eigenvalue weighted by molar-refractivity contribution is 0.172. The van der Waals surface area contributed by atoms with E-state index in [0.717, 1.165) is 17.0 Å². The van der Waals surface area contributed by atoms with Gasteiger partial charge in [0.25, 0.3) is 10.0 Å². The number of anilines is 1. The molecule has 4 aromatic rings. The maximum absolute atomic E-state index is 14.7. The molecule has 0 bridgehead atoms. The van der Waals surface area contributed by atoms with Crippen molar-refractivity contribution in [2.24, 2.45) is 5.84 Å². The number of rotatable bonds is 11. The summed E-state index contributed by atoms with van der Waals surface area (Å²) in [5.74, 6) is 6.12. The van der Waals surface area contributed by atoms with Crippen LogP contribution >= 0.6 is 0 Å². The van der Waals surface area contributed by atoms with Crippen LogP contribution in [0.5, 0.6) is 11.6 Å². The molecule has 0 aliphatic rings. The minimum atomic E-state index is -4.24. The molecular formula is C24H26FN5O5S. The topological polar surface area (TPSA) is 143 Å². The van der Waals surface area contributed by atoms with Gasteiger partial charge in [0.15, 0.2) is 0 Å². The second-order valence-corrected chi connectivity index (χ2v) is 9.62. The van der Waals surface area contributed by atoms with Gasteiger partial charge >= 0.3 is 0 Å². The van der Waals surface area contributed by atoms with Gasteiger partial charge in [0.2, 0.25) is 5.88 Å². The summed E-state index contributed by atoms with van der Waals surface area (Å²) < 4.78 is 51.8. The maximum Gasteiger partial charge on any atom is 0.277 e. The van der Waals surface area contributed by atoms with E-state index in [2.05, 4.69) is 15.5 Å². The van der Waals surface area contributed by atoms with Gasteiger partial charge in [0, 0.05) is 24.7 Å². The van der Waals surface area contributed by atoms with Crippen LogP contribution < -0.4 is 25.0 Å². The molecule has 12 heteroatoms. The van der Waals surface area contributed by atoms with Crippen molar-refractivity contribution in [3.8, 4) is 11.6 Å². The third-order valence-corrected chi connectivity index (χ3v) is 7.04. The highest BCUT2D eigenvalue weighted by Crippen LogP contribution is 2.31. The minimum absolute atomic E-state index is 0.00974. The predicted octanol–water partition coefficient (Wildman–Crippen LogP) is 2.48. The molecule has 0 saturated carbocycles. The molecule has 3 aromatic carbocycles. The fourth-order valence-corrected chi connectivity index (χ4v) is 4.83. The zero-order chi connectivity index (χ0) is 25.7. The Hall–Kier alpha value is -3.71. The number of hydrazine groups is 1. The molecule has 0 aliphatic heterocycles. The SMILES string of the molecule is COc1n[nH]c2cc(OCCNCC(O)c3cccc(F)c3N(N)S(=O)(=O)c3ccccc3)ccc12. The number of halogens is 1. The number of benzene rings is 3. The number of aliphatic hydroxyl groups excluding tert-OH is 1. The lowest BCUT2D eigenvalue weighted by atomic mass is 10.1. The number of nitrogens with one attached hydrogen (secondary N) is 2. The van der Waals surface area contributed by atoms with Gasteiger partial charge in [-0.1, -0.05) is 30.3 Å². The Morgan fingerprint density at radius 2 is 1.94 bits per heavy atom. The highest BCUT2D eigenvalue weighted by molar-refractivity contribution is 7.92. The van der Waals surface area contributed by atoms with Crippen LogP contribution in [0.15, 0.2) is 71.6 Å². The molecule has 4 rings (SSSR count). The molecule has 190 valence electrons. The summed E-state index contributed by atoms with van der Waals surface area (Å²) >= 11 is 0. The highest BCUT2D eigenvalue weighted by Gasteiger charge is 2.28. The van der Waals surface area contributed by atoms with Crippen LogP contribution in [0.1, 0.15) is 11.7 Å². The molecule has 10 nitrogen and oxygen atoms in total. The molecular weight excluding hydrogens is 489 g/mol. The average Bonchev–Trinajstić information content (AvgIpc) is 3.30. The minimum Gasteiger partial charge on any atom is -0.492 e. The first kappa shape index (κ1) is 25.4. The molecule has 0 radical (unpaired) electrons. The summed E-state index contributed by atoms with van der Waals surface area (Å²) in [5.41, 5.74) is 0.377. The zero-order valence-electron chi connectivity index (χ0n) is 19.4. The molecule has 1 atom stereocenters. The maximum atomic E-state index is 14.7. The molecule has 0 saturated heterocycles. The number of H-pyrrole nitrogens is 1. The van der Waals surface area contributed by atoms with Crippen LogP contribution in [0.2, 0.25) is 0 Å². The van der Waals surface area contributed by atoms with Gasteiger partial charge in [-0.2, -0.15) is 12.8 Å². The smallest absolute Gasteiger partial charge is 0.277 e. The van der Waals surface area contributed by atoms with Crippen molar-refractivity contribution in [3.05, 3.63) is 78.1 Å². The molecule has 36 heavy (non-hydrogen) atoms. The Kier molecular flexibility index (Phi) is 7.70. The van der Waals surface area contributed by atoms with Gasteiger partial charge < -0.3 is 19.9 Å².